The summed E-state index contributed by atoms with van der Waals surface area (Å²) in [4.78, 5) is 26.3. The number of H-pyrrole nitrogens is 1. The molecule has 0 radical (unpaired) electrons. The maximum atomic E-state index is 12.8. The predicted octanol–water partition coefficient (Wildman–Crippen LogP) is 4.31. The Bertz CT molecular complexity index is 1010. The normalized spacial score (nSPS) is 10.7. The lowest BCUT2D eigenvalue weighted by molar-refractivity contribution is 0.0793. The fraction of sp³-hybridized carbons (Fsp3) is 0.292. The molecule has 3 amide bonds. The van der Waals surface area contributed by atoms with Gasteiger partial charge in [-0.15, -0.1) is 0 Å². The molecular weight excluding hydrogens is 390 g/mol. The van der Waals surface area contributed by atoms with E-state index in [1.54, 1.807) is 36.2 Å². The second-order valence-corrected chi connectivity index (χ2v) is 7.81. The molecule has 0 saturated carbocycles. The first kappa shape index (κ1) is 22.1. The van der Waals surface area contributed by atoms with E-state index < -0.39 is 0 Å². The van der Waals surface area contributed by atoms with Crippen LogP contribution in [0.15, 0.2) is 60.7 Å². The molecule has 162 valence electrons. The summed E-state index contributed by atoms with van der Waals surface area (Å²) in [6.45, 7) is 4.39. The van der Waals surface area contributed by atoms with Crippen molar-refractivity contribution in [2.75, 3.05) is 18.9 Å². The molecule has 7 heteroatoms. The van der Waals surface area contributed by atoms with Gasteiger partial charge < -0.3 is 15.5 Å². The molecule has 3 N–H and O–H groups in total. The first-order chi connectivity index (χ1) is 14.9. The quantitative estimate of drug-likeness (QED) is 0.508. The third-order valence-corrected chi connectivity index (χ3v) is 4.77. The summed E-state index contributed by atoms with van der Waals surface area (Å²) in [5, 5.41) is 13.0. The topological polar surface area (TPSA) is 90.1 Å². The number of aromatic nitrogens is 2. The van der Waals surface area contributed by atoms with E-state index in [9.17, 15) is 9.59 Å². The fourth-order valence-corrected chi connectivity index (χ4v) is 3.23. The van der Waals surface area contributed by atoms with Crippen molar-refractivity contribution in [1.29, 1.82) is 0 Å². The van der Waals surface area contributed by atoms with Gasteiger partial charge in [0.1, 0.15) is 0 Å². The minimum absolute atomic E-state index is 0.0367. The van der Waals surface area contributed by atoms with Gasteiger partial charge in [0.2, 0.25) is 0 Å². The molecular formula is C24H29N5O2. The van der Waals surface area contributed by atoms with Gasteiger partial charge in [-0.25, -0.2) is 4.79 Å². The Hall–Kier alpha value is -3.61. The molecule has 0 bridgehead atoms. The van der Waals surface area contributed by atoms with Crippen LogP contribution in [-0.4, -0.2) is 46.7 Å². The Morgan fingerprint density at radius 2 is 1.84 bits per heavy atom. The van der Waals surface area contributed by atoms with Gasteiger partial charge >= 0.3 is 6.03 Å². The standard InChI is InChI=1S/C24H29N5O2/c1-17(2)25-24(31)26-20-12-7-11-19(15-20)23(30)29(3)14-8-13-21-16-22(28-27-21)18-9-5-4-6-10-18/h4-7,9-12,15-17H,8,13-14H2,1-3H3,(H,27,28)(H2,25,26,31). The summed E-state index contributed by atoms with van der Waals surface area (Å²) in [7, 11) is 1.79. The van der Waals surface area contributed by atoms with Crippen molar-refractivity contribution in [1.82, 2.24) is 20.4 Å². The van der Waals surface area contributed by atoms with Crippen LogP contribution in [-0.2, 0) is 6.42 Å². The van der Waals surface area contributed by atoms with Crippen LogP contribution in [0.4, 0.5) is 10.5 Å². The second kappa shape index (κ2) is 10.4. The number of aryl methyl sites for hydroxylation is 1. The molecule has 0 aliphatic heterocycles. The van der Waals surface area contributed by atoms with Gasteiger partial charge in [-0.1, -0.05) is 36.4 Å². The van der Waals surface area contributed by atoms with Crippen LogP contribution in [0.1, 0.15) is 36.3 Å². The summed E-state index contributed by atoms with van der Waals surface area (Å²) in [6, 6.07) is 18.8. The number of rotatable bonds is 8. The third-order valence-electron chi connectivity index (χ3n) is 4.77. The SMILES string of the molecule is CC(C)NC(=O)Nc1cccc(C(=O)N(C)CCCc2cc(-c3ccccc3)n[nH]2)c1. The largest absolute Gasteiger partial charge is 0.342 e. The van der Waals surface area contributed by atoms with E-state index in [4.69, 9.17) is 0 Å². The van der Waals surface area contributed by atoms with Crippen LogP contribution in [0.3, 0.4) is 0 Å². The van der Waals surface area contributed by atoms with Crippen LogP contribution < -0.4 is 10.6 Å². The van der Waals surface area contributed by atoms with Gasteiger partial charge in [0.25, 0.3) is 5.91 Å². The molecule has 1 aromatic heterocycles. The zero-order valence-corrected chi connectivity index (χ0v) is 18.2. The molecule has 0 aliphatic carbocycles. The van der Waals surface area contributed by atoms with E-state index in [0.717, 1.165) is 29.8 Å². The Labute approximate surface area is 182 Å². The van der Waals surface area contributed by atoms with Crippen LogP contribution in [0, 0.1) is 0 Å². The van der Waals surface area contributed by atoms with Gasteiger partial charge in [0, 0.05) is 42.1 Å². The molecule has 0 aliphatic rings. The molecule has 0 fully saturated rings. The van der Waals surface area contributed by atoms with Crippen molar-refractivity contribution in [3.63, 3.8) is 0 Å². The van der Waals surface area contributed by atoms with Crippen LogP contribution in [0.2, 0.25) is 0 Å². The van der Waals surface area contributed by atoms with Crippen LogP contribution >= 0.6 is 0 Å². The number of nitrogens with one attached hydrogen (secondary N) is 3. The third kappa shape index (κ3) is 6.44. The summed E-state index contributed by atoms with van der Waals surface area (Å²) < 4.78 is 0. The maximum absolute atomic E-state index is 12.8. The maximum Gasteiger partial charge on any atom is 0.319 e. The summed E-state index contributed by atoms with van der Waals surface area (Å²) in [5.41, 5.74) is 4.17. The van der Waals surface area contributed by atoms with Crippen molar-refractivity contribution >= 4 is 17.6 Å². The smallest absolute Gasteiger partial charge is 0.319 e. The molecule has 2 aromatic carbocycles. The number of hydrogen-bond donors (Lipinski definition) is 3. The zero-order valence-electron chi connectivity index (χ0n) is 18.2. The zero-order chi connectivity index (χ0) is 22.2. The lowest BCUT2D eigenvalue weighted by Crippen LogP contribution is -2.34. The Balaban J connectivity index is 1.51. The van der Waals surface area contributed by atoms with Crippen LogP contribution in [0.5, 0.6) is 0 Å². The summed E-state index contributed by atoms with van der Waals surface area (Å²) in [5.74, 6) is -0.0810. The number of anilines is 1. The van der Waals surface area contributed by atoms with Gasteiger partial charge in [-0.3, -0.25) is 9.89 Å². The molecule has 3 aromatic rings. The van der Waals surface area contributed by atoms with Crippen molar-refractivity contribution in [2.45, 2.75) is 32.7 Å². The van der Waals surface area contributed by atoms with E-state index in [2.05, 4.69) is 26.9 Å². The summed E-state index contributed by atoms with van der Waals surface area (Å²) >= 11 is 0. The Kier molecular flexibility index (Phi) is 7.43. The molecule has 3 rings (SSSR count). The van der Waals surface area contributed by atoms with Crippen molar-refractivity contribution in [2.24, 2.45) is 0 Å². The monoisotopic (exact) mass is 419 g/mol. The predicted molar refractivity (Wildman–Crippen MR) is 123 cm³/mol. The first-order valence-electron chi connectivity index (χ1n) is 10.4. The van der Waals surface area contributed by atoms with Crippen LogP contribution in [0.25, 0.3) is 11.3 Å². The number of carbonyl (C=O) groups excluding carboxylic acids is 2. The lowest BCUT2D eigenvalue weighted by Gasteiger charge is -2.17. The van der Waals surface area contributed by atoms with Crippen molar-refractivity contribution < 1.29 is 9.59 Å². The number of nitrogens with zero attached hydrogens (tertiary/aromatic N) is 2. The second-order valence-electron chi connectivity index (χ2n) is 7.81. The number of carbonyl (C=O) groups is 2. The molecule has 7 nitrogen and oxygen atoms in total. The molecule has 31 heavy (non-hydrogen) atoms. The van der Waals surface area contributed by atoms with E-state index in [1.165, 1.54) is 0 Å². The van der Waals surface area contributed by atoms with E-state index >= 15 is 0 Å². The number of hydrogen-bond acceptors (Lipinski definition) is 3. The van der Waals surface area contributed by atoms with E-state index in [-0.39, 0.29) is 18.0 Å². The number of amides is 3. The molecule has 0 spiro atoms. The highest BCUT2D eigenvalue weighted by atomic mass is 16.2. The lowest BCUT2D eigenvalue weighted by atomic mass is 10.1. The molecule has 0 saturated heterocycles. The number of aromatic amines is 1. The molecule has 0 unspecified atom stereocenters. The minimum atomic E-state index is -0.289. The van der Waals surface area contributed by atoms with Gasteiger partial charge in [-0.2, -0.15) is 5.10 Å². The first-order valence-corrected chi connectivity index (χ1v) is 10.4. The Morgan fingerprint density at radius 3 is 2.58 bits per heavy atom. The average Bonchev–Trinajstić information content (AvgIpc) is 3.22. The number of urea groups is 1. The summed E-state index contributed by atoms with van der Waals surface area (Å²) in [6.07, 6.45) is 1.61. The van der Waals surface area contributed by atoms with Gasteiger partial charge in [-0.05, 0) is 51.0 Å². The minimum Gasteiger partial charge on any atom is -0.342 e. The highest BCUT2D eigenvalue weighted by Crippen LogP contribution is 2.18. The number of benzene rings is 2. The van der Waals surface area contributed by atoms with Crippen molar-refractivity contribution in [3.05, 3.63) is 71.9 Å². The molecule has 0 atom stereocenters. The van der Waals surface area contributed by atoms with Crippen molar-refractivity contribution in [3.8, 4) is 11.3 Å². The Morgan fingerprint density at radius 1 is 1.06 bits per heavy atom. The average molecular weight is 420 g/mol. The highest BCUT2D eigenvalue weighted by Gasteiger charge is 2.13. The van der Waals surface area contributed by atoms with Gasteiger partial charge in [0.05, 0.1) is 5.69 Å². The van der Waals surface area contributed by atoms with Gasteiger partial charge in [0.15, 0.2) is 0 Å². The van der Waals surface area contributed by atoms with E-state index in [1.807, 2.05) is 44.2 Å². The highest BCUT2D eigenvalue weighted by molar-refractivity contribution is 5.96. The fourth-order valence-electron chi connectivity index (χ4n) is 3.23. The van der Waals surface area contributed by atoms with E-state index in [0.29, 0.717) is 17.8 Å². The molecule has 1 heterocycles.